The lowest BCUT2D eigenvalue weighted by Crippen LogP contribution is -2.23. The zero-order valence-corrected chi connectivity index (χ0v) is 19.0. The third kappa shape index (κ3) is 6.59. The minimum atomic E-state index is -0.156. The summed E-state index contributed by atoms with van der Waals surface area (Å²) in [5, 5.41) is 4.41. The third-order valence-corrected chi connectivity index (χ3v) is 4.38. The highest BCUT2D eigenvalue weighted by Crippen LogP contribution is 2.21. The van der Waals surface area contributed by atoms with E-state index in [9.17, 15) is 4.79 Å². The molecule has 0 spiro atoms. The number of allylic oxidation sites excluding steroid dienone is 2. The lowest BCUT2D eigenvalue weighted by molar-refractivity contribution is 0.0952. The van der Waals surface area contributed by atoms with Crippen molar-refractivity contribution in [3.8, 4) is 0 Å². The summed E-state index contributed by atoms with van der Waals surface area (Å²) in [6.45, 7) is 10.2. The molecule has 0 fully saturated rings. The van der Waals surface area contributed by atoms with E-state index in [-0.39, 0.29) is 11.7 Å². The van der Waals surface area contributed by atoms with Crippen LogP contribution in [-0.4, -0.2) is 16.3 Å². The van der Waals surface area contributed by atoms with Crippen molar-refractivity contribution < 1.29 is 4.79 Å². The number of nitrogens with zero attached hydrogens (tertiary/aromatic N) is 2. The van der Waals surface area contributed by atoms with E-state index < -0.39 is 0 Å². The second-order valence-corrected chi connectivity index (χ2v) is 7.34. The molecule has 3 aromatic rings. The molecule has 3 N–H and O–H groups in total. The van der Waals surface area contributed by atoms with Crippen molar-refractivity contribution in [2.75, 3.05) is 0 Å². The number of nitrogens with one attached hydrogen (secondary N) is 1. The fourth-order valence-electron chi connectivity index (χ4n) is 2.96. The van der Waals surface area contributed by atoms with Gasteiger partial charge in [-0.25, -0.2) is 4.99 Å². The summed E-state index contributed by atoms with van der Waals surface area (Å²) in [4.78, 5) is 17.0. The molecule has 0 bridgehead atoms. The molecule has 0 radical (unpaired) electrons. The van der Waals surface area contributed by atoms with Crippen LogP contribution in [0.1, 0.15) is 43.1 Å². The molecule has 2 aromatic carbocycles. The second-order valence-electron chi connectivity index (χ2n) is 6.91. The Morgan fingerprint density at radius 3 is 2.58 bits per heavy atom. The van der Waals surface area contributed by atoms with E-state index in [1.54, 1.807) is 12.1 Å². The molecule has 0 aliphatic carbocycles. The Morgan fingerprint density at radius 1 is 1.23 bits per heavy atom. The SMILES string of the molecule is C=C(N)/N=C(\C=C/C)n1ccc2c(C(=O)NCc3cccc(Cl)c3)cccc21.CCC. The first kappa shape index (κ1) is 24.0. The molecule has 6 heteroatoms. The van der Waals surface area contributed by atoms with Crippen molar-refractivity contribution in [1.82, 2.24) is 9.88 Å². The van der Waals surface area contributed by atoms with Gasteiger partial charge in [-0.05, 0) is 48.9 Å². The summed E-state index contributed by atoms with van der Waals surface area (Å²) in [5.41, 5.74) is 8.04. The Bertz CT molecular complexity index is 1110. The number of fused-ring (bicyclic) bond motifs is 1. The number of hydrogen-bond donors (Lipinski definition) is 2. The van der Waals surface area contributed by atoms with Crippen LogP contribution in [-0.2, 0) is 6.54 Å². The Balaban J connectivity index is 0.00000107. The molecule has 0 saturated carbocycles. The molecule has 3 rings (SSSR count). The van der Waals surface area contributed by atoms with E-state index in [0.29, 0.717) is 23.0 Å². The van der Waals surface area contributed by atoms with Crippen LogP contribution in [0.4, 0.5) is 0 Å². The van der Waals surface area contributed by atoms with Crippen LogP contribution in [0.15, 0.2) is 84.3 Å². The number of hydrogen-bond acceptors (Lipinski definition) is 3. The monoisotopic (exact) mass is 436 g/mol. The maximum atomic E-state index is 12.8. The Hall–Kier alpha value is -3.31. The summed E-state index contributed by atoms with van der Waals surface area (Å²) in [6, 6.07) is 14.9. The van der Waals surface area contributed by atoms with Gasteiger partial charge in [-0.15, -0.1) is 0 Å². The number of nitrogens with two attached hydrogens (primary N) is 1. The van der Waals surface area contributed by atoms with Gasteiger partial charge in [0.05, 0.1) is 5.52 Å². The molecule has 0 unspecified atom stereocenters. The highest BCUT2D eigenvalue weighted by Gasteiger charge is 2.13. The Labute approximate surface area is 188 Å². The van der Waals surface area contributed by atoms with Gasteiger partial charge < -0.3 is 15.6 Å². The predicted molar refractivity (Wildman–Crippen MR) is 131 cm³/mol. The lowest BCUT2D eigenvalue weighted by Gasteiger charge is -2.09. The molecule has 5 nitrogen and oxygen atoms in total. The lowest BCUT2D eigenvalue weighted by atomic mass is 10.1. The summed E-state index contributed by atoms with van der Waals surface area (Å²) in [7, 11) is 0. The van der Waals surface area contributed by atoms with E-state index in [1.807, 2.05) is 66.2 Å². The van der Waals surface area contributed by atoms with Gasteiger partial charge in [0.1, 0.15) is 11.7 Å². The van der Waals surface area contributed by atoms with Crippen molar-refractivity contribution in [2.24, 2.45) is 10.7 Å². The van der Waals surface area contributed by atoms with Crippen LogP contribution >= 0.6 is 11.6 Å². The topological polar surface area (TPSA) is 72.4 Å². The third-order valence-electron chi connectivity index (χ3n) is 4.14. The number of amides is 1. The Kier molecular flexibility index (Phi) is 9.10. The van der Waals surface area contributed by atoms with Crippen LogP contribution in [0.5, 0.6) is 0 Å². The van der Waals surface area contributed by atoms with Gasteiger partial charge in [0.2, 0.25) is 0 Å². The zero-order valence-electron chi connectivity index (χ0n) is 18.2. The molecular formula is C25H29ClN4O. The highest BCUT2D eigenvalue weighted by atomic mass is 35.5. The molecule has 31 heavy (non-hydrogen) atoms. The van der Waals surface area contributed by atoms with E-state index >= 15 is 0 Å². The molecule has 162 valence electrons. The average molecular weight is 437 g/mol. The van der Waals surface area contributed by atoms with Crippen LogP contribution < -0.4 is 11.1 Å². The number of rotatable bonds is 5. The standard InChI is InChI=1S/C22H21ClN4O.C3H8/c1-3-6-21(26-15(2)24)27-12-11-18-19(9-5-10-20(18)27)22(28)25-14-16-7-4-8-17(23)13-16;1-3-2/h3-13H,2,14,24H2,1H3,(H,25,28);3H2,1-2H3/b6-3-,26-21+;. The van der Waals surface area contributed by atoms with E-state index in [0.717, 1.165) is 16.5 Å². The normalized spacial score (nSPS) is 11.3. The number of aromatic nitrogens is 1. The van der Waals surface area contributed by atoms with Crippen LogP contribution in [0, 0.1) is 0 Å². The fourth-order valence-corrected chi connectivity index (χ4v) is 3.17. The summed E-state index contributed by atoms with van der Waals surface area (Å²) < 4.78 is 1.88. The van der Waals surface area contributed by atoms with E-state index in [4.69, 9.17) is 17.3 Å². The zero-order chi connectivity index (χ0) is 22.8. The highest BCUT2D eigenvalue weighted by molar-refractivity contribution is 6.30. The van der Waals surface area contributed by atoms with Crippen LogP contribution in [0.2, 0.25) is 5.02 Å². The number of aliphatic imine (C=N–C) groups is 1. The smallest absolute Gasteiger partial charge is 0.252 e. The molecule has 0 atom stereocenters. The maximum Gasteiger partial charge on any atom is 0.252 e. The van der Waals surface area contributed by atoms with Crippen molar-refractivity contribution in [2.45, 2.75) is 33.7 Å². The van der Waals surface area contributed by atoms with E-state index in [1.165, 1.54) is 6.42 Å². The van der Waals surface area contributed by atoms with Crippen molar-refractivity contribution in [3.63, 3.8) is 0 Å². The van der Waals surface area contributed by atoms with Crippen molar-refractivity contribution in [1.29, 1.82) is 0 Å². The summed E-state index contributed by atoms with van der Waals surface area (Å²) in [6.07, 6.45) is 6.82. The molecule has 1 aromatic heterocycles. The Morgan fingerprint density at radius 2 is 1.94 bits per heavy atom. The first-order chi connectivity index (χ1) is 14.9. The van der Waals surface area contributed by atoms with Gasteiger partial charge in [-0.2, -0.15) is 0 Å². The molecule has 0 aliphatic heterocycles. The minimum absolute atomic E-state index is 0.156. The molecule has 0 aliphatic rings. The summed E-state index contributed by atoms with van der Waals surface area (Å²) >= 11 is 6.00. The minimum Gasteiger partial charge on any atom is -0.384 e. The maximum absolute atomic E-state index is 12.8. The number of benzene rings is 2. The van der Waals surface area contributed by atoms with Gasteiger partial charge in [0, 0.05) is 28.7 Å². The van der Waals surface area contributed by atoms with Crippen molar-refractivity contribution in [3.05, 3.63) is 95.4 Å². The first-order valence-electron chi connectivity index (χ1n) is 10.2. The quantitative estimate of drug-likeness (QED) is 0.386. The van der Waals surface area contributed by atoms with Gasteiger partial charge in [0.15, 0.2) is 0 Å². The van der Waals surface area contributed by atoms with E-state index in [2.05, 4.69) is 30.7 Å². The number of carbonyl (C=O) groups is 1. The van der Waals surface area contributed by atoms with Gasteiger partial charge in [-0.3, -0.25) is 4.79 Å². The van der Waals surface area contributed by atoms with Crippen molar-refractivity contribution >= 4 is 34.2 Å². The molecule has 1 amide bonds. The largest absolute Gasteiger partial charge is 0.384 e. The number of carbonyl (C=O) groups excluding carboxylic acids is 1. The van der Waals surface area contributed by atoms with Crippen LogP contribution in [0.3, 0.4) is 0 Å². The fraction of sp³-hybridized carbons (Fsp3) is 0.200. The summed E-state index contributed by atoms with van der Waals surface area (Å²) in [5.74, 6) is 0.683. The molecule has 0 saturated heterocycles. The second kappa shape index (κ2) is 11.8. The van der Waals surface area contributed by atoms with Crippen LogP contribution in [0.25, 0.3) is 10.9 Å². The number of halogens is 1. The molecular weight excluding hydrogens is 408 g/mol. The predicted octanol–water partition coefficient (Wildman–Crippen LogP) is 5.89. The average Bonchev–Trinajstić information content (AvgIpc) is 3.16. The van der Waals surface area contributed by atoms with Gasteiger partial charge in [-0.1, -0.05) is 62.7 Å². The molecule has 1 heterocycles. The van der Waals surface area contributed by atoms with Gasteiger partial charge in [0.25, 0.3) is 5.91 Å². The van der Waals surface area contributed by atoms with Gasteiger partial charge >= 0.3 is 0 Å². The first-order valence-corrected chi connectivity index (χ1v) is 10.6.